The lowest BCUT2D eigenvalue weighted by molar-refractivity contribution is -0.120. The SMILES string of the molecule is O=C(Nc1ccccn1)C1CCCN(c2ccc(-c3ccc(F)cc3)nn2)C1. The molecule has 28 heavy (non-hydrogen) atoms. The normalized spacial score (nSPS) is 16.6. The van der Waals surface area contributed by atoms with Gasteiger partial charge in [0, 0.05) is 24.8 Å². The molecule has 7 heteroatoms. The number of piperidine rings is 1. The van der Waals surface area contributed by atoms with E-state index in [1.807, 2.05) is 24.3 Å². The number of aromatic nitrogens is 3. The van der Waals surface area contributed by atoms with E-state index in [1.165, 1.54) is 12.1 Å². The molecule has 1 saturated heterocycles. The van der Waals surface area contributed by atoms with Crippen molar-refractivity contribution in [1.82, 2.24) is 15.2 Å². The minimum absolute atomic E-state index is 0.0284. The Morgan fingerprint density at radius 3 is 2.64 bits per heavy atom. The summed E-state index contributed by atoms with van der Waals surface area (Å²) in [5.74, 6) is 0.861. The average molecular weight is 377 g/mol. The highest BCUT2D eigenvalue weighted by molar-refractivity contribution is 5.92. The minimum Gasteiger partial charge on any atom is -0.354 e. The molecule has 1 aromatic carbocycles. The van der Waals surface area contributed by atoms with E-state index in [-0.39, 0.29) is 17.6 Å². The molecule has 1 amide bonds. The van der Waals surface area contributed by atoms with Gasteiger partial charge in [0.2, 0.25) is 5.91 Å². The molecule has 1 N–H and O–H groups in total. The number of hydrogen-bond donors (Lipinski definition) is 1. The number of hydrogen-bond acceptors (Lipinski definition) is 5. The average Bonchev–Trinajstić information content (AvgIpc) is 2.75. The highest BCUT2D eigenvalue weighted by atomic mass is 19.1. The molecule has 142 valence electrons. The third-order valence-corrected chi connectivity index (χ3v) is 4.82. The highest BCUT2D eigenvalue weighted by Gasteiger charge is 2.27. The van der Waals surface area contributed by atoms with Crippen molar-refractivity contribution in [2.75, 3.05) is 23.3 Å². The van der Waals surface area contributed by atoms with E-state index in [2.05, 4.69) is 25.4 Å². The van der Waals surface area contributed by atoms with Gasteiger partial charge in [0.25, 0.3) is 0 Å². The molecule has 0 aliphatic carbocycles. The second-order valence-corrected chi connectivity index (χ2v) is 6.77. The van der Waals surface area contributed by atoms with Crippen molar-refractivity contribution in [1.29, 1.82) is 0 Å². The Morgan fingerprint density at radius 2 is 1.93 bits per heavy atom. The Kier molecular flexibility index (Phi) is 5.23. The van der Waals surface area contributed by atoms with Gasteiger partial charge >= 0.3 is 0 Å². The predicted octanol–water partition coefficient (Wildman–Crippen LogP) is 3.53. The number of rotatable bonds is 4. The Balaban J connectivity index is 1.42. The predicted molar refractivity (Wildman–Crippen MR) is 105 cm³/mol. The van der Waals surface area contributed by atoms with Crippen LogP contribution < -0.4 is 10.2 Å². The van der Waals surface area contributed by atoms with Gasteiger partial charge in [0.15, 0.2) is 5.82 Å². The van der Waals surface area contributed by atoms with Crippen LogP contribution in [-0.2, 0) is 4.79 Å². The number of benzene rings is 1. The summed E-state index contributed by atoms with van der Waals surface area (Å²) in [6.45, 7) is 1.42. The van der Waals surface area contributed by atoms with E-state index in [9.17, 15) is 9.18 Å². The van der Waals surface area contributed by atoms with Crippen LogP contribution in [0, 0.1) is 11.7 Å². The lowest BCUT2D eigenvalue weighted by atomic mass is 9.97. The number of pyridine rings is 1. The summed E-state index contributed by atoms with van der Waals surface area (Å²) in [7, 11) is 0. The maximum atomic E-state index is 13.1. The molecular formula is C21H20FN5O. The van der Waals surface area contributed by atoms with E-state index < -0.39 is 0 Å². The van der Waals surface area contributed by atoms with E-state index in [4.69, 9.17) is 0 Å². The van der Waals surface area contributed by atoms with Gasteiger partial charge in [-0.3, -0.25) is 4.79 Å². The summed E-state index contributed by atoms with van der Waals surface area (Å²) in [6.07, 6.45) is 3.39. The molecule has 1 unspecified atom stereocenters. The van der Waals surface area contributed by atoms with E-state index in [1.54, 1.807) is 24.4 Å². The van der Waals surface area contributed by atoms with Gasteiger partial charge in [-0.1, -0.05) is 6.07 Å². The van der Waals surface area contributed by atoms with Gasteiger partial charge in [-0.05, 0) is 61.4 Å². The zero-order valence-electron chi connectivity index (χ0n) is 15.3. The Labute approximate surface area is 162 Å². The van der Waals surface area contributed by atoms with Gasteiger partial charge in [-0.2, -0.15) is 0 Å². The largest absolute Gasteiger partial charge is 0.354 e. The van der Waals surface area contributed by atoms with Gasteiger partial charge < -0.3 is 10.2 Å². The maximum Gasteiger partial charge on any atom is 0.230 e. The third-order valence-electron chi connectivity index (χ3n) is 4.82. The van der Waals surface area contributed by atoms with Crippen molar-refractivity contribution in [3.05, 3.63) is 66.6 Å². The zero-order chi connectivity index (χ0) is 19.3. The molecule has 1 fully saturated rings. The molecule has 3 aromatic rings. The van der Waals surface area contributed by atoms with Crippen LogP contribution in [0.2, 0.25) is 0 Å². The molecule has 0 bridgehead atoms. The molecule has 1 aliphatic heterocycles. The summed E-state index contributed by atoms with van der Waals surface area (Å²) in [4.78, 5) is 18.8. The first-order valence-electron chi connectivity index (χ1n) is 9.25. The lowest BCUT2D eigenvalue weighted by Gasteiger charge is -2.32. The standard InChI is InChI=1S/C21H20FN5O/c22-17-8-6-15(7-9-17)18-10-11-20(26-25-18)27-13-3-4-16(14-27)21(28)24-19-5-1-2-12-23-19/h1-2,5-12,16H,3-4,13-14H2,(H,23,24,28). The van der Waals surface area contributed by atoms with E-state index in [0.29, 0.717) is 18.1 Å². The van der Waals surface area contributed by atoms with Crippen molar-refractivity contribution in [3.63, 3.8) is 0 Å². The number of carbonyl (C=O) groups excluding carboxylic acids is 1. The van der Waals surface area contributed by atoms with Gasteiger partial charge in [-0.25, -0.2) is 9.37 Å². The number of carbonyl (C=O) groups is 1. The first-order valence-corrected chi connectivity index (χ1v) is 9.25. The fraction of sp³-hybridized carbons (Fsp3) is 0.238. The first-order chi connectivity index (χ1) is 13.7. The smallest absolute Gasteiger partial charge is 0.230 e. The molecule has 4 rings (SSSR count). The molecule has 2 aromatic heterocycles. The van der Waals surface area contributed by atoms with Crippen molar-refractivity contribution >= 4 is 17.5 Å². The monoisotopic (exact) mass is 377 g/mol. The second kappa shape index (κ2) is 8.12. The molecule has 1 aliphatic rings. The van der Waals surface area contributed by atoms with Crippen LogP contribution in [0.4, 0.5) is 16.0 Å². The molecule has 1 atom stereocenters. The van der Waals surface area contributed by atoms with Gasteiger partial charge in [0.05, 0.1) is 11.6 Å². The topological polar surface area (TPSA) is 71.0 Å². The Hall–Kier alpha value is -3.35. The van der Waals surface area contributed by atoms with Gasteiger partial charge in [-0.15, -0.1) is 10.2 Å². The molecule has 6 nitrogen and oxygen atoms in total. The molecule has 0 saturated carbocycles. The fourth-order valence-electron chi connectivity index (χ4n) is 3.33. The maximum absolute atomic E-state index is 13.1. The van der Waals surface area contributed by atoms with Crippen molar-refractivity contribution in [2.45, 2.75) is 12.8 Å². The molecular weight excluding hydrogens is 357 g/mol. The first kappa shape index (κ1) is 18.0. The summed E-state index contributed by atoms with van der Waals surface area (Å²) in [5.41, 5.74) is 1.50. The molecule has 0 radical (unpaired) electrons. The number of nitrogens with zero attached hydrogens (tertiary/aromatic N) is 4. The summed E-state index contributed by atoms with van der Waals surface area (Å²) in [6, 6.07) is 15.4. The second-order valence-electron chi connectivity index (χ2n) is 6.77. The summed E-state index contributed by atoms with van der Waals surface area (Å²) in [5, 5.41) is 11.5. The lowest BCUT2D eigenvalue weighted by Crippen LogP contribution is -2.41. The molecule has 0 spiro atoms. The zero-order valence-corrected chi connectivity index (χ0v) is 15.3. The quantitative estimate of drug-likeness (QED) is 0.753. The van der Waals surface area contributed by atoms with E-state index in [0.717, 1.165) is 30.8 Å². The number of amides is 1. The highest BCUT2D eigenvalue weighted by Crippen LogP contribution is 2.24. The van der Waals surface area contributed by atoms with Crippen LogP contribution in [0.5, 0.6) is 0 Å². The Morgan fingerprint density at radius 1 is 1.07 bits per heavy atom. The van der Waals surface area contributed by atoms with Crippen molar-refractivity contribution in [2.24, 2.45) is 5.92 Å². The van der Waals surface area contributed by atoms with E-state index >= 15 is 0 Å². The fourth-order valence-corrected chi connectivity index (χ4v) is 3.33. The van der Waals surface area contributed by atoms with Crippen LogP contribution in [0.25, 0.3) is 11.3 Å². The molecule has 3 heterocycles. The van der Waals surface area contributed by atoms with Crippen LogP contribution >= 0.6 is 0 Å². The number of nitrogens with one attached hydrogen (secondary N) is 1. The third kappa shape index (κ3) is 4.14. The number of anilines is 2. The number of halogens is 1. The summed E-state index contributed by atoms with van der Waals surface area (Å²) >= 11 is 0. The Bertz CT molecular complexity index is 931. The van der Waals surface area contributed by atoms with Crippen LogP contribution in [-0.4, -0.2) is 34.2 Å². The van der Waals surface area contributed by atoms with Crippen LogP contribution in [0.15, 0.2) is 60.8 Å². The van der Waals surface area contributed by atoms with Crippen LogP contribution in [0.1, 0.15) is 12.8 Å². The van der Waals surface area contributed by atoms with Crippen molar-refractivity contribution in [3.8, 4) is 11.3 Å². The van der Waals surface area contributed by atoms with Crippen molar-refractivity contribution < 1.29 is 9.18 Å². The van der Waals surface area contributed by atoms with Crippen LogP contribution in [0.3, 0.4) is 0 Å². The minimum atomic E-state index is -0.281. The summed E-state index contributed by atoms with van der Waals surface area (Å²) < 4.78 is 13.1. The van der Waals surface area contributed by atoms with Gasteiger partial charge in [0.1, 0.15) is 11.6 Å².